The van der Waals surface area contributed by atoms with Crippen LogP contribution in [0.1, 0.15) is 6.92 Å². The summed E-state index contributed by atoms with van der Waals surface area (Å²) in [6, 6.07) is 7.91. The van der Waals surface area contributed by atoms with E-state index in [4.69, 9.17) is 5.84 Å². The van der Waals surface area contributed by atoms with Crippen molar-refractivity contribution in [2.45, 2.75) is 6.92 Å². The highest BCUT2D eigenvalue weighted by molar-refractivity contribution is 6.02. The number of hydrogen-bond donors (Lipinski definition) is 3. The molecule has 4 N–H and O–H groups in total. The van der Waals surface area contributed by atoms with E-state index in [-0.39, 0.29) is 0 Å². The molecule has 0 unspecified atom stereocenters. The van der Waals surface area contributed by atoms with Gasteiger partial charge in [0.2, 0.25) is 5.96 Å². The molecule has 17 heavy (non-hydrogen) atoms. The molecule has 88 valence electrons. The van der Waals surface area contributed by atoms with Gasteiger partial charge in [0.1, 0.15) is 0 Å². The first-order chi connectivity index (χ1) is 8.35. The molecule has 1 heterocycles. The highest BCUT2D eigenvalue weighted by Gasteiger charge is 2.02. The Balaban J connectivity index is 2.39. The van der Waals surface area contributed by atoms with Crippen LogP contribution in [-0.4, -0.2) is 17.5 Å². The third-order valence-corrected chi connectivity index (χ3v) is 2.39. The van der Waals surface area contributed by atoms with Gasteiger partial charge in [-0.1, -0.05) is 12.1 Å². The number of nitrogens with two attached hydrogens (primary N) is 1. The summed E-state index contributed by atoms with van der Waals surface area (Å²) in [4.78, 5) is 8.29. The Morgan fingerprint density at radius 2 is 2.29 bits per heavy atom. The maximum Gasteiger partial charge on any atom is 0.210 e. The lowest BCUT2D eigenvalue weighted by Crippen LogP contribution is -2.36. The van der Waals surface area contributed by atoms with Crippen LogP contribution in [-0.2, 0) is 0 Å². The molecule has 0 spiro atoms. The van der Waals surface area contributed by atoms with Crippen LogP contribution in [0, 0.1) is 0 Å². The summed E-state index contributed by atoms with van der Waals surface area (Å²) in [7, 11) is 0. The number of pyridine rings is 1. The number of hydrogen-bond acceptors (Lipinski definition) is 3. The first-order valence-corrected chi connectivity index (χ1v) is 5.46. The summed E-state index contributed by atoms with van der Waals surface area (Å²) >= 11 is 0. The van der Waals surface area contributed by atoms with Gasteiger partial charge in [0, 0.05) is 35.4 Å². The second-order valence-electron chi connectivity index (χ2n) is 3.49. The summed E-state index contributed by atoms with van der Waals surface area (Å²) in [5.74, 6) is 5.95. The number of nitrogens with one attached hydrogen (secondary N) is 2. The van der Waals surface area contributed by atoms with Crippen molar-refractivity contribution in [3.63, 3.8) is 0 Å². The van der Waals surface area contributed by atoms with Crippen molar-refractivity contribution in [2.75, 3.05) is 11.9 Å². The molecule has 0 fully saturated rings. The summed E-state index contributed by atoms with van der Waals surface area (Å²) in [5, 5.41) is 5.32. The van der Waals surface area contributed by atoms with Crippen LogP contribution in [0.2, 0.25) is 0 Å². The number of hydrazine groups is 1. The summed E-state index contributed by atoms with van der Waals surface area (Å²) < 4.78 is 0. The molecule has 2 rings (SSSR count). The van der Waals surface area contributed by atoms with Gasteiger partial charge in [-0.3, -0.25) is 15.4 Å². The molecule has 0 saturated heterocycles. The lowest BCUT2D eigenvalue weighted by molar-refractivity contribution is 0.986. The van der Waals surface area contributed by atoms with E-state index < -0.39 is 0 Å². The number of benzene rings is 1. The zero-order valence-corrected chi connectivity index (χ0v) is 9.64. The van der Waals surface area contributed by atoms with Crippen molar-refractivity contribution >= 4 is 22.4 Å². The Labute approximate surface area is 99.7 Å². The van der Waals surface area contributed by atoms with E-state index in [1.54, 1.807) is 6.20 Å². The molecule has 0 aliphatic rings. The second kappa shape index (κ2) is 5.27. The fraction of sp³-hybridized carbons (Fsp3) is 0.167. The third-order valence-electron chi connectivity index (χ3n) is 2.39. The zero-order valence-electron chi connectivity index (χ0n) is 9.64. The van der Waals surface area contributed by atoms with Crippen LogP contribution in [0.5, 0.6) is 0 Å². The predicted molar refractivity (Wildman–Crippen MR) is 70.7 cm³/mol. The molecule has 0 bridgehead atoms. The number of guanidine groups is 1. The van der Waals surface area contributed by atoms with Gasteiger partial charge in [-0.05, 0) is 19.1 Å². The van der Waals surface area contributed by atoms with E-state index in [1.165, 1.54) is 0 Å². The molecule has 2 aromatic rings. The lowest BCUT2D eigenvalue weighted by atomic mass is 10.1. The lowest BCUT2D eigenvalue weighted by Gasteiger charge is -2.11. The zero-order chi connectivity index (χ0) is 12.1. The van der Waals surface area contributed by atoms with Crippen LogP contribution in [0.4, 0.5) is 5.69 Å². The normalized spacial score (nSPS) is 11.5. The van der Waals surface area contributed by atoms with Crippen LogP contribution in [0.15, 0.2) is 41.7 Å². The number of fused-ring (bicyclic) bond motifs is 1. The topological polar surface area (TPSA) is 75.3 Å². The van der Waals surface area contributed by atoms with Gasteiger partial charge in [-0.15, -0.1) is 0 Å². The molecule has 0 radical (unpaired) electrons. The number of aromatic nitrogens is 1. The first-order valence-electron chi connectivity index (χ1n) is 5.46. The molecular formula is C12H15N5. The van der Waals surface area contributed by atoms with Crippen LogP contribution >= 0.6 is 0 Å². The summed E-state index contributed by atoms with van der Waals surface area (Å²) in [6.45, 7) is 2.62. The van der Waals surface area contributed by atoms with Gasteiger partial charge >= 0.3 is 0 Å². The van der Waals surface area contributed by atoms with Crippen LogP contribution in [0.25, 0.3) is 10.8 Å². The number of anilines is 1. The third kappa shape index (κ3) is 2.51. The summed E-state index contributed by atoms with van der Waals surface area (Å²) in [6.07, 6.45) is 3.59. The fourth-order valence-electron chi connectivity index (χ4n) is 1.64. The molecule has 0 aliphatic carbocycles. The Hall–Kier alpha value is -2.14. The smallest absolute Gasteiger partial charge is 0.210 e. The van der Waals surface area contributed by atoms with Gasteiger partial charge in [-0.25, -0.2) is 5.84 Å². The Kier molecular flexibility index (Phi) is 3.52. The van der Waals surface area contributed by atoms with Crippen LogP contribution in [0.3, 0.4) is 0 Å². The van der Waals surface area contributed by atoms with Crippen LogP contribution < -0.4 is 16.6 Å². The molecule has 5 heteroatoms. The molecule has 0 aliphatic heterocycles. The standard InChI is InChI=1S/C12H15N5/c1-2-15-12(17-13)16-11-5-3-4-9-8-14-7-6-10(9)11/h3-8H,2,13H2,1H3,(H2,15,16,17). The Bertz CT molecular complexity index is 530. The highest BCUT2D eigenvalue weighted by Crippen LogP contribution is 2.21. The van der Waals surface area contributed by atoms with Gasteiger partial charge < -0.3 is 5.32 Å². The number of nitrogens with zero attached hydrogens (tertiary/aromatic N) is 2. The van der Waals surface area contributed by atoms with Crippen molar-refractivity contribution in [2.24, 2.45) is 10.8 Å². The molecule has 0 atom stereocenters. The van der Waals surface area contributed by atoms with Gasteiger partial charge in [0.05, 0.1) is 0 Å². The van der Waals surface area contributed by atoms with E-state index in [9.17, 15) is 0 Å². The minimum atomic E-state index is 0.553. The van der Waals surface area contributed by atoms with E-state index in [2.05, 4.69) is 20.7 Å². The Morgan fingerprint density at radius 3 is 3.06 bits per heavy atom. The van der Waals surface area contributed by atoms with Gasteiger partial charge in [0.15, 0.2) is 0 Å². The number of rotatable bonds is 2. The largest absolute Gasteiger partial charge is 0.325 e. The van der Waals surface area contributed by atoms with Crippen molar-refractivity contribution < 1.29 is 0 Å². The molecular weight excluding hydrogens is 214 g/mol. The van der Waals surface area contributed by atoms with Crippen molar-refractivity contribution in [1.82, 2.24) is 10.4 Å². The fourth-order valence-corrected chi connectivity index (χ4v) is 1.64. The SMILES string of the molecule is CCN=C(NN)Nc1cccc2cnccc12. The van der Waals surface area contributed by atoms with E-state index in [0.29, 0.717) is 12.5 Å². The molecule has 0 saturated carbocycles. The second-order valence-corrected chi connectivity index (χ2v) is 3.49. The highest BCUT2D eigenvalue weighted by atomic mass is 15.3. The molecule has 1 aromatic heterocycles. The minimum Gasteiger partial charge on any atom is -0.325 e. The van der Waals surface area contributed by atoms with E-state index >= 15 is 0 Å². The first kappa shape index (κ1) is 11.3. The van der Waals surface area contributed by atoms with Crippen molar-refractivity contribution in [3.8, 4) is 0 Å². The monoisotopic (exact) mass is 229 g/mol. The van der Waals surface area contributed by atoms with Crippen molar-refractivity contribution in [3.05, 3.63) is 36.7 Å². The van der Waals surface area contributed by atoms with Gasteiger partial charge in [-0.2, -0.15) is 0 Å². The molecule has 1 aromatic carbocycles. The minimum absolute atomic E-state index is 0.553. The Morgan fingerprint density at radius 1 is 1.41 bits per heavy atom. The average Bonchev–Trinajstić information content (AvgIpc) is 2.38. The average molecular weight is 229 g/mol. The summed E-state index contributed by atoms with van der Waals surface area (Å²) in [5.41, 5.74) is 3.49. The van der Waals surface area contributed by atoms with E-state index in [0.717, 1.165) is 16.5 Å². The quantitative estimate of drug-likeness (QED) is 0.315. The van der Waals surface area contributed by atoms with E-state index in [1.807, 2.05) is 37.4 Å². The molecule has 5 nitrogen and oxygen atoms in total. The van der Waals surface area contributed by atoms with Gasteiger partial charge in [0.25, 0.3) is 0 Å². The predicted octanol–water partition coefficient (Wildman–Crippen LogP) is 1.49. The maximum atomic E-state index is 5.40. The number of aliphatic imine (C=N–C) groups is 1. The molecule has 0 amide bonds. The maximum absolute atomic E-state index is 5.40. The van der Waals surface area contributed by atoms with Crippen molar-refractivity contribution in [1.29, 1.82) is 0 Å².